The van der Waals surface area contributed by atoms with Crippen LogP contribution in [0.5, 0.6) is 5.75 Å². The van der Waals surface area contributed by atoms with Crippen molar-refractivity contribution in [2.45, 2.75) is 66.2 Å². The summed E-state index contributed by atoms with van der Waals surface area (Å²) in [5.74, 6) is 0.135. The van der Waals surface area contributed by atoms with Gasteiger partial charge in [0, 0.05) is 49.6 Å². The number of nitrogens with zero attached hydrogens (tertiary/aromatic N) is 2. The van der Waals surface area contributed by atoms with E-state index in [1.807, 2.05) is 39.8 Å². The molecular formula is C22H37N3O5S. The Hall–Kier alpha value is -2.00. The van der Waals surface area contributed by atoms with Gasteiger partial charge in [-0.05, 0) is 53.5 Å². The van der Waals surface area contributed by atoms with Crippen LogP contribution in [0.1, 0.15) is 53.0 Å². The molecule has 1 atom stereocenters. The van der Waals surface area contributed by atoms with Gasteiger partial charge in [-0.3, -0.25) is 0 Å². The smallest absolute Gasteiger partial charge is 0.317 e. The minimum atomic E-state index is -3.71. The monoisotopic (exact) mass is 455 g/mol. The molecule has 2 rings (SSSR count). The number of anilines is 1. The maximum Gasteiger partial charge on any atom is 0.317 e. The fourth-order valence-electron chi connectivity index (χ4n) is 3.53. The van der Waals surface area contributed by atoms with Crippen molar-refractivity contribution in [3.8, 4) is 5.75 Å². The van der Waals surface area contributed by atoms with Crippen molar-refractivity contribution in [3.05, 3.63) is 23.8 Å². The Morgan fingerprint density at radius 3 is 2.52 bits per heavy atom. The molecule has 0 aromatic heterocycles. The molecule has 1 aliphatic rings. The zero-order valence-electron chi connectivity index (χ0n) is 19.4. The predicted octanol–water partition coefficient (Wildman–Crippen LogP) is 3.36. The lowest BCUT2D eigenvalue weighted by atomic mass is 10.1. The van der Waals surface area contributed by atoms with E-state index < -0.39 is 10.1 Å². The van der Waals surface area contributed by atoms with E-state index in [1.165, 1.54) is 0 Å². The molecule has 1 aliphatic heterocycles. The van der Waals surface area contributed by atoms with Crippen molar-refractivity contribution in [1.29, 1.82) is 0 Å². The molecule has 9 heteroatoms. The third-order valence-corrected chi connectivity index (χ3v) is 6.40. The van der Waals surface area contributed by atoms with Crippen LogP contribution in [0.2, 0.25) is 0 Å². The lowest BCUT2D eigenvalue weighted by molar-refractivity contribution is 0.0790. The quantitative estimate of drug-likeness (QED) is 0.515. The Morgan fingerprint density at radius 2 is 1.97 bits per heavy atom. The molecule has 1 aromatic carbocycles. The third kappa shape index (κ3) is 7.57. The van der Waals surface area contributed by atoms with Crippen LogP contribution >= 0.6 is 0 Å². The Bertz CT molecular complexity index is 818. The SMILES string of the molecule is CCN(CC)c1ccc(CN(CC2CCCO2)C(=O)NC(C)C)c(OS(=O)(=O)CC)c1. The van der Waals surface area contributed by atoms with Crippen molar-refractivity contribution in [1.82, 2.24) is 10.2 Å². The first-order chi connectivity index (χ1) is 14.7. The molecule has 0 spiro atoms. The summed E-state index contributed by atoms with van der Waals surface area (Å²) in [5.41, 5.74) is 1.53. The van der Waals surface area contributed by atoms with Crippen LogP contribution in [-0.2, 0) is 21.4 Å². The van der Waals surface area contributed by atoms with E-state index in [0.29, 0.717) is 18.7 Å². The first-order valence-electron chi connectivity index (χ1n) is 11.2. The molecule has 2 amide bonds. The maximum atomic E-state index is 12.9. The van der Waals surface area contributed by atoms with Crippen molar-refractivity contribution >= 4 is 21.8 Å². The molecule has 0 aliphatic carbocycles. The van der Waals surface area contributed by atoms with E-state index >= 15 is 0 Å². The number of carbonyl (C=O) groups is 1. The third-order valence-electron chi connectivity index (χ3n) is 5.26. The van der Waals surface area contributed by atoms with Crippen molar-refractivity contribution in [3.63, 3.8) is 0 Å². The van der Waals surface area contributed by atoms with Crippen molar-refractivity contribution in [2.24, 2.45) is 0 Å². The Balaban J connectivity index is 2.36. The fourth-order valence-corrected chi connectivity index (χ4v) is 4.08. The standard InChI is InChI=1S/C22H37N3O5S/c1-6-24(7-2)19-12-11-18(21(14-19)30-31(27,28)8-3)15-25(22(26)23-17(4)5)16-20-10-9-13-29-20/h11-12,14,17,20H,6-10,13,15-16H2,1-5H3,(H,23,26). The number of hydrogen-bond acceptors (Lipinski definition) is 6. The van der Waals surface area contributed by atoms with E-state index in [-0.39, 0.29) is 36.2 Å². The molecule has 1 saturated heterocycles. The fraction of sp³-hybridized carbons (Fsp3) is 0.682. The van der Waals surface area contributed by atoms with Gasteiger partial charge in [0.05, 0.1) is 18.4 Å². The van der Waals surface area contributed by atoms with Gasteiger partial charge in [0.25, 0.3) is 0 Å². The number of nitrogens with one attached hydrogen (secondary N) is 1. The average molecular weight is 456 g/mol. The lowest BCUT2D eigenvalue weighted by Gasteiger charge is -2.28. The molecule has 176 valence electrons. The summed E-state index contributed by atoms with van der Waals surface area (Å²) in [5, 5.41) is 2.93. The zero-order chi connectivity index (χ0) is 23.0. The van der Waals surface area contributed by atoms with Crippen molar-refractivity contribution in [2.75, 3.05) is 36.9 Å². The molecule has 0 bridgehead atoms. The predicted molar refractivity (Wildman–Crippen MR) is 123 cm³/mol. The minimum absolute atomic E-state index is 0.0132. The second-order valence-corrected chi connectivity index (χ2v) is 9.87. The van der Waals surface area contributed by atoms with Gasteiger partial charge in [-0.2, -0.15) is 8.42 Å². The van der Waals surface area contributed by atoms with Gasteiger partial charge >= 0.3 is 16.1 Å². The molecule has 1 aromatic rings. The molecule has 1 unspecified atom stereocenters. The highest BCUT2D eigenvalue weighted by Gasteiger charge is 2.25. The topological polar surface area (TPSA) is 88.2 Å². The molecule has 1 heterocycles. The molecule has 0 radical (unpaired) electrons. The Kier molecular flexibility index (Phi) is 9.43. The van der Waals surface area contributed by atoms with Gasteiger partial charge in [0.1, 0.15) is 5.75 Å². The van der Waals surface area contributed by atoms with Crippen LogP contribution in [0, 0.1) is 0 Å². The summed E-state index contributed by atoms with van der Waals surface area (Å²) in [6.45, 7) is 12.4. The van der Waals surface area contributed by atoms with E-state index in [9.17, 15) is 13.2 Å². The van der Waals surface area contributed by atoms with E-state index in [0.717, 1.165) is 31.6 Å². The second-order valence-electron chi connectivity index (χ2n) is 8.01. The van der Waals surface area contributed by atoms with Gasteiger partial charge in [-0.1, -0.05) is 6.07 Å². The minimum Gasteiger partial charge on any atom is -0.382 e. The molecular weight excluding hydrogens is 418 g/mol. The Morgan fingerprint density at radius 1 is 1.26 bits per heavy atom. The highest BCUT2D eigenvalue weighted by molar-refractivity contribution is 7.87. The van der Waals surface area contributed by atoms with E-state index in [2.05, 4.69) is 10.2 Å². The van der Waals surface area contributed by atoms with Crippen LogP contribution < -0.4 is 14.4 Å². The number of benzene rings is 1. The van der Waals surface area contributed by atoms with Crippen LogP contribution in [0.15, 0.2) is 18.2 Å². The summed E-state index contributed by atoms with van der Waals surface area (Å²) in [6.07, 6.45) is 1.86. The van der Waals surface area contributed by atoms with Crippen LogP contribution in [0.4, 0.5) is 10.5 Å². The summed E-state index contributed by atoms with van der Waals surface area (Å²) >= 11 is 0. The van der Waals surface area contributed by atoms with Gasteiger partial charge in [-0.25, -0.2) is 4.79 Å². The number of ether oxygens (including phenoxy) is 1. The molecule has 0 saturated carbocycles. The summed E-state index contributed by atoms with van der Waals surface area (Å²) in [4.78, 5) is 16.6. The Labute approximate surface area is 187 Å². The normalized spacial score (nSPS) is 16.4. The van der Waals surface area contributed by atoms with Crippen LogP contribution in [0.25, 0.3) is 0 Å². The largest absolute Gasteiger partial charge is 0.382 e. The van der Waals surface area contributed by atoms with E-state index in [1.54, 1.807) is 17.9 Å². The van der Waals surface area contributed by atoms with Crippen molar-refractivity contribution < 1.29 is 22.1 Å². The van der Waals surface area contributed by atoms with Gasteiger partial charge in [-0.15, -0.1) is 0 Å². The maximum absolute atomic E-state index is 12.9. The van der Waals surface area contributed by atoms with Crippen LogP contribution in [-0.4, -0.2) is 63.5 Å². The number of amides is 2. The highest BCUT2D eigenvalue weighted by atomic mass is 32.2. The molecule has 31 heavy (non-hydrogen) atoms. The first kappa shape index (κ1) is 25.3. The van der Waals surface area contributed by atoms with Gasteiger partial charge in [0.15, 0.2) is 0 Å². The summed E-state index contributed by atoms with van der Waals surface area (Å²) < 4.78 is 35.7. The number of carbonyl (C=O) groups excluding carboxylic acids is 1. The molecule has 8 nitrogen and oxygen atoms in total. The number of rotatable bonds is 11. The second kappa shape index (κ2) is 11.6. The van der Waals surface area contributed by atoms with Crippen LogP contribution in [0.3, 0.4) is 0 Å². The number of urea groups is 1. The summed E-state index contributed by atoms with van der Waals surface area (Å²) in [6, 6.07) is 5.32. The zero-order valence-corrected chi connectivity index (χ0v) is 20.2. The molecule has 1 fully saturated rings. The highest BCUT2D eigenvalue weighted by Crippen LogP contribution is 2.29. The summed E-state index contributed by atoms with van der Waals surface area (Å²) in [7, 11) is -3.71. The van der Waals surface area contributed by atoms with Gasteiger partial charge < -0.3 is 24.0 Å². The van der Waals surface area contributed by atoms with Gasteiger partial charge in [0.2, 0.25) is 0 Å². The number of hydrogen-bond donors (Lipinski definition) is 1. The molecule has 1 N–H and O–H groups in total. The first-order valence-corrected chi connectivity index (χ1v) is 12.7. The lowest BCUT2D eigenvalue weighted by Crippen LogP contribution is -2.45. The average Bonchev–Trinajstić information content (AvgIpc) is 3.22. The van der Waals surface area contributed by atoms with E-state index in [4.69, 9.17) is 8.92 Å².